The number of nitrogens with zero attached hydrogens (tertiary/aromatic N) is 10. The van der Waals surface area contributed by atoms with Gasteiger partial charge in [0.15, 0.2) is 33.5 Å². The molecular weight excluding hydrogens is 1770 g/mol. The Morgan fingerprint density at radius 2 is 0.687 bits per heavy atom. The molecule has 0 bridgehead atoms. The first-order valence-corrected chi connectivity index (χ1v) is 45.9. The van der Waals surface area contributed by atoms with Crippen LogP contribution in [-0.2, 0) is 139 Å². The molecule has 134 heavy (non-hydrogen) atoms. The van der Waals surface area contributed by atoms with Crippen LogP contribution in [0, 0.1) is 0 Å². The minimum Gasteiger partial charge on any atom is -0.471 e. The van der Waals surface area contributed by atoms with Gasteiger partial charge in [-0.25, -0.2) is 15.0 Å². The molecule has 1 atom stereocenters. The number of benzene rings is 3. The van der Waals surface area contributed by atoms with Gasteiger partial charge in [-0.05, 0) is 58.4 Å². The molecule has 0 spiro atoms. The Labute approximate surface area is 780 Å². The monoisotopic (exact) mass is 1890 g/mol. The van der Waals surface area contributed by atoms with E-state index in [-0.39, 0.29) is 216 Å². The Bertz CT molecular complexity index is 4470. The molecule has 0 radical (unpaired) electrons. The smallest absolute Gasteiger partial charge is 0.247 e. The Kier molecular flexibility index (Phi) is 48.3. The highest BCUT2D eigenvalue weighted by Gasteiger charge is 2.39. The van der Waals surface area contributed by atoms with Crippen LogP contribution in [0.5, 0.6) is 17.6 Å². The molecule has 0 aliphatic carbocycles. The molecule has 1 aliphatic rings. The number of fused-ring (bicyclic) bond motifs is 3. The van der Waals surface area contributed by atoms with Crippen LogP contribution in [0.2, 0.25) is 0 Å². The van der Waals surface area contributed by atoms with Crippen LogP contribution in [0.15, 0.2) is 91.8 Å². The van der Waals surface area contributed by atoms with Crippen LogP contribution in [-0.4, -0.2) is 321 Å². The van der Waals surface area contributed by atoms with Crippen molar-refractivity contribution in [3.63, 3.8) is 0 Å². The average molecular weight is 1890 g/mol. The second-order valence-electron chi connectivity index (χ2n) is 30.5. The number of carbonyl (C=O) groups excluding carboxylic acids is 6. The predicted molar refractivity (Wildman–Crippen MR) is 490 cm³/mol. The normalized spacial score (nSPS) is 12.8. The van der Waals surface area contributed by atoms with Crippen molar-refractivity contribution in [3.8, 4) is 17.6 Å². The minimum atomic E-state index is -1.39. The van der Waals surface area contributed by atoms with Gasteiger partial charge in [-0.3, -0.25) is 33.7 Å². The molecule has 1 saturated heterocycles. The molecule has 7 heterocycles. The van der Waals surface area contributed by atoms with Crippen molar-refractivity contribution < 1.29 is 114 Å². The number of anilines is 3. The molecular formula is C89H126N20O24S. The van der Waals surface area contributed by atoms with E-state index in [1.165, 1.54) is 35.6 Å². The highest BCUT2D eigenvalue weighted by atomic mass is 32.2. The maximum atomic E-state index is 14.1. The van der Waals surface area contributed by atoms with Crippen LogP contribution in [0.25, 0.3) is 33.5 Å². The number of nitrogens with one attached hydrogen (secondary N) is 7. The Morgan fingerprint density at radius 1 is 0.381 bits per heavy atom. The molecule has 1 unspecified atom stereocenters. The molecule has 6 aromatic heterocycles. The van der Waals surface area contributed by atoms with Crippen molar-refractivity contribution in [2.45, 2.75) is 115 Å². The summed E-state index contributed by atoms with van der Waals surface area (Å²) in [7, 11) is 0. The number of likely N-dealkylation sites (tertiary alicyclic amines) is 1. The number of rotatable bonds is 76. The van der Waals surface area contributed by atoms with Gasteiger partial charge in [0.05, 0.1) is 222 Å². The van der Waals surface area contributed by atoms with Crippen molar-refractivity contribution in [1.82, 2.24) is 86.0 Å². The fourth-order valence-electron chi connectivity index (χ4n) is 12.9. The summed E-state index contributed by atoms with van der Waals surface area (Å²) in [6.07, 6.45) is 6.95. The molecule has 1 aliphatic heterocycles. The summed E-state index contributed by atoms with van der Waals surface area (Å²) in [5.74, 6) is 0.257. The molecule has 0 saturated carbocycles. The van der Waals surface area contributed by atoms with Gasteiger partial charge in [0.2, 0.25) is 70.9 Å². The number of aromatic amines is 3. The largest absolute Gasteiger partial charge is 0.471 e. The summed E-state index contributed by atoms with van der Waals surface area (Å²) in [4.78, 5) is 127. The number of thioether (sulfide) groups is 1. The van der Waals surface area contributed by atoms with Crippen molar-refractivity contribution in [2.24, 2.45) is 0 Å². The van der Waals surface area contributed by atoms with E-state index < -0.39 is 5.54 Å². The van der Waals surface area contributed by atoms with E-state index in [0.29, 0.717) is 189 Å². The number of imide groups is 1. The average Bonchev–Trinajstić information content (AvgIpc) is 1.67. The number of imidazole rings is 3. The molecule has 1 fully saturated rings. The zero-order valence-electron chi connectivity index (χ0n) is 75.9. The highest BCUT2D eigenvalue weighted by Crippen LogP contribution is 2.28. The number of nitrogens with two attached hydrogens (primary N) is 3. The zero-order chi connectivity index (χ0) is 94.1. The van der Waals surface area contributed by atoms with Gasteiger partial charge in [-0.1, -0.05) is 86.1 Å². The van der Waals surface area contributed by atoms with Crippen LogP contribution < -0.4 is 52.7 Å². The van der Waals surface area contributed by atoms with E-state index in [2.05, 4.69) is 81.1 Å². The highest BCUT2D eigenvalue weighted by molar-refractivity contribution is 8.00. The third-order valence-electron chi connectivity index (χ3n) is 19.8. The molecule has 732 valence electrons. The molecule has 10 rings (SSSR count). The van der Waals surface area contributed by atoms with Crippen LogP contribution in [0.1, 0.15) is 98.1 Å². The lowest BCUT2D eigenvalue weighted by atomic mass is 10.0. The van der Waals surface area contributed by atoms with E-state index in [0.717, 1.165) is 45.6 Å². The first-order valence-electron chi connectivity index (χ1n) is 44.9. The number of ether oxygens (including phenoxy) is 18. The van der Waals surface area contributed by atoms with Crippen molar-refractivity contribution in [3.05, 3.63) is 125 Å². The fraction of sp³-hybridized carbons (Fsp3) is 0.562. The molecule has 44 nitrogen and oxygen atoms in total. The summed E-state index contributed by atoms with van der Waals surface area (Å²) in [5.41, 5.74) is 24.8. The Balaban J connectivity index is 0.593. The summed E-state index contributed by atoms with van der Waals surface area (Å²) < 4.78 is 104. The number of carbonyl (C=O) groups is 6. The van der Waals surface area contributed by atoms with Crippen molar-refractivity contribution >= 4 is 98.5 Å². The number of aromatic nitrogens is 12. The van der Waals surface area contributed by atoms with E-state index >= 15 is 0 Å². The van der Waals surface area contributed by atoms with E-state index in [1.807, 2.05) is 79.7 Å². The second-order valence-corrected chi connectivity index (χ2v) is 31.8. The number of H-pyrrole nitrogens is 3. The molecule has 13 N–H and O–H groups in total. The van der Waals surface area contributed by atoms with E-state index in [1.54, 1.807) is 0 Å². The first-order chi connectivity index (χ1) is 65.6. The number of amides is 6. The molecule has 45 heteroatoms. The summed E-state index contributed by atoms with van der Waals surface area (Å²) >= 11 is 1.50. The number of nitrogen functional groups attached to an aromatic ring is 3. The van der Waals surface area contributed by atoms with Crippen LogP contribution >= 0.6 is 11.8 Å². The van der Waals surface area contributed by atoms with Crippen molar-refractivity contribution in [2.75, 3.05) is 228 Å². The van der Waals surface area contributed by atoms with Crippen LogP contribution in [0.3, 0.4) is 0 Å². The maximum absolute atomic E-state index is 14.1. The fourth-order valence-corrected chi connectivity index (χ4v) is 14.0. The first kappa shape index (κ1) is 105. The van der Waals surface area contributed by atoms with Gasteiger partial charge in [-0.15, -0.1) is 11.8 Å². The molecule has 6 amide bonds. The summed E-state index contributed by atoms with van der Waals surface area (Å²) in [6, 6.07) is 23.5. The predicted octanol–water partition coefficient (Wildman–Crippen LogP) is 4.52. The van der Waals surface area contributed by atoms with Crippen LogP contribution in [0.4, 0.5) is 17.8 Å². The Hall–Kier alpha value is -11.1. The lowest BCUT2D eigenvalue weighted by Crippen LogP contribution is -2.58. The molecule has 9 aromatic rings. The minimum absolute atomic E-state index is 0.0488. The second kappa shape index (κ2) is 61.7. The van der Waals surface area contributed by atoms with E-state index in [9.17, 15) is 28.8 Å². The van der Waals surface area contributed by atoms with Crippen molar-refractivity contribution in [1.29, 1.82) is 0 Å². The quantitative estimate of drug-likeness (QED) is 0.0185. The Morgan fingerprint density at radius 3 is 1.01 bits per heavy atom. The number of hydrogen-bond acceptors (Lipinski definition) is 37. The van der Waals surface area contributed by atoms with Gasteiger partial charge in [0, 0.05) is 58.3 Å². The van der Waals surface area contributed by atoms with E-state index in [4.69, 9.17) is 102 Å². The third kappa shape index (κ3) is 40.2. The lowest BCUT2D eigenvalue weighted by Gasteiger charge is -2.34. The molecule has 3 aromatic carbocycles. The van der Waals surface area contributed by atoms with Gasteiger partial charge >= 0.3 is 0 Å². The number of unbranched alkanes of at least 4 members (excludes halogenated alkanes) is 2. The van der Waals surface area contributed by atoms with Gasteiger partial charge < -0.3 is 139 Å². The summed E-state index contributed by atoms with van der Waals surface area (Å²) in [6.45, 7) is 11.1. The standard InChI is InChI=1S/C89H126N20O24S/c1-2-50-134-70-51-75(114)109(85(70)115)25-5-3-4-6-74(113)108-89(58-128-26-19-71(110)93-22-29-116-32-35-119-38-41-122-44-47-125-52-64-7-13-67(14-8-64)55-131-82-76-79(99-61-96-76)102-86(90)105-82,59-129-27-20-72(111)94-23-30-117-33-36-120-39-42-123-45-48-126-53-65-9-15-68(16-10-65)56-132-83-77-80(100-62-97-77)103-87(91)106-83)60-130-28-21-73(112)95-24-31-118-34-37-121-40-43-124-46-49-127-54-66-11-17-69(18-12-66)57-133-84-78-81(101-63-98-78)104-88(92)107-84/h7-18,61-63,70H,2-6,19-60H2,1H3,(H,93,110)(H,94,111)(H,95,112)(H,108,113)(H3,90,96,99,102,105)(H3,91,97,100,103,106)(H3,92,98,101,104,107). The third-order valence-corrected chi connectivity index (χ3v) is 21.2. The zero-order valence-corrected chi connectivity index (χ0v) is 76.7. The van der Waals surface area contributed by atoms with Gasteiger partial charge in [0.25, 0.3) is 0 Å². The number of hydrogen-bond donors (Lipinski definition) is 10. The topological polar surface area (TPSA) is 561 Å². The van der Waals surface area contributed by atoms with Gasteiger partial charge in [0.1, 0.15) is 25.4 Å². The van der Waals surface area contributed by atoms with Gasteiger partial charge in [-0.2, -0.15) is 29.9 Å². The SMILES string of the molecule is CCCSC1CC(=O)N(CCCCCC(=O)NC(COCCC(=O)NCCOCCOCCOCCOCc2ccc(COc3nc(N)nc4[nH]cnc34)cc2)(COCCC(=O)NCCOCCOCCOCCOCc2ccc(COc3nc(N)nc4[nH]cnc34)cc2)COCCC(=O)NCCOCCOCCOCCOCc2ccc(COc3nc(N)nc4[nH]cnc34)cc2)C1=O. The maximum Gasteiger partial charge on any atom is 0.247 e. The lowest BCUT2D eigenvalue weighted by molar-refractivity contribution is -0.138. The summed E-state index contributed by atoms with van der Waals surface area (Å²) in [5, 5.41) is 11.2.